The van der Waals surface area contributed by atoms with Gasteiger partial charge in [0.25, 0.3) is 5.91 Å². The molecule has 1 aliphatic rings. The van der Waals surface area contributed by atoms with E-state index in [1.165, 1.54) is 0 Å². The fourth-order valence-electron chi connectivity index (χ4n) is 2.19. The van der Waals surface area contributed by atoms with Crippen LogP contribution in [0.2, 0.25) is 0 Å². The molecule has 1 fully saturated rings. The minimum atomic E-state index is -0.824. The monoisotopic (exact) mass is 305 g/mol. The molecule has 2 rings (SSSR count). The SMILES string of the molecule is CCN(CC)c1ccc(NC(=O)C[C@H]2NC(=O)NC2=O)cn1. The summed E-state index contributed by atoms with van der Waals surface area (Å²) in [5, 5.41) is 7.11. The van der Waals surface area contributed by atoms with Crippen LogP contribution in [0.25, 0.3) is 0 Å². The van der Waals surface area contributed by atoms with E-state index in [9.17, 15) is 14.4 Å². The third kappa shape index (κ3) is 3.72. The Balaban J connectivity index is 1.92. The average molecular weight is 305 g/mol. The fourth-order valence-corrected chi connectivity index (χ4v) is 2.19. The second-order valence-corrected chi connectivity index (χ2v) is 4.84. The normalized spacial score (nSPS) is 16.9. The number of hydrogen-bond acceptors (Lipinski definition) is 5. The van der Waals surface area contributed by atoms with Crippen molar-refractivity contribution in [1.29, 1.82) is 0 Å². The van der Waals surface area contributed by atoms with Gasteiger partial charge in [-0.25, -0.2) is 9.78 Å². The molecule has 0 unspecified atom stereocenters. The molecule has 2 heterocycles. The molecule has 3 N–H and O–H groups in total. The fraction of sp³-hybridized carbons (Fsp3) is 0.429. The Morgan fingerprint density at radius 3 is 2.55 bits per heavy atom. The van der Waals surface area contributed by atoms with Gasteiger partial charge in [0.1, 0.15) is 11.9 Å². The van der Waals surface area contributed by atoms with E-state index in [1.54, 1.807) is 12.3 Å². The maximum absolute atomic E-state index is 11.9. The molecule has 118 valence electrons. The summed E-state index contributed by atoms with van der Waals surface area (Å²) in [7, 11) is 0. The van der Waals surface area contributed by atoms with Gasteiger partial charge < -0.3 is 15.5 Å². The van der Waals surface area contributed by atoms with E-state index in [0.717, 1.165) is 18.9 Å². The van der Waals surface area contributed by atoms with Gasteiger partial charge in [0.15, 0.2) is 0 Å². The molecule has 1 aliphatic heterocycles. The number of nitrogens with one attached hydrogen (secondary N) is 3. The first-order chi connectivity index (χ1) is 10.5. The number of pyridine rings is 1. The first-order valence-corrected chi connectivity index (χ1v) is 7.15. The number of anilines is 2. The second kappa shape index (κ2) is 6.88. The summed E-state index contributed by atoms with van der Waals surface area (Å²) < 4.78 is 0. The van der Waals surface area contributed by atoms with Crippen molar-refractivity contribution >= 4 is 29.4 Å². The molecule has 1 atom stereocenters. The van der Waals surface area contributed by atoms with E-state index in [1.807, 2.05) is 19.9 Å². The summed E-state index contributed by atoms with van der Waals surface area (Å²) in [6.07, 6.45) is 1.45. The highest BCUT2D eigenvalue weighted by Gasteiger charge is 2.31. The molecule has 1 aromatic rings. The van der Waals surface area contributed by atoms with Gasteiger partial charge in [0.05, 0.1) is 18.3 Å². The molecule has 8 nitrogen and oxygen atoms in total. The van der Waals surface area contributed by atoms with Crippen molar-refractivity contribution in [3.63, 3.8) is 0 Å². The molecule has 1 saturated heterocycles. The molecule has 0 bridgehead atoms. The zero-order valence-corrected chi connectivity index (χ0v) is 12.5. The minimum Gasteiger partial charge on any atom is -0.357 e. The van der Waals surface area contributed by atoms with Gasteiger partial charge in [-0.1, -0.05) is 0 Å². The van der Waals surface area contributed by atoms with E-state index >= 15 is 0 Å². The van der Waals surface area contributed by atoms with Gasteiger partial charge in [-0.2, -0.15) is 0 Å². The van der Waals surface area contributed by atoms with Gasteiger partial charge in [0, 0.05) is 13.1 Å². The summed E-state index contributed by atoms with van der Waals surface area (Å²) in [5.41, 5.74) is 0.547. The van der Waals surface area contributed by atoms with Crippen LogP contribution in [0.5, 0.6) is 0 Å². The Morgan fingerprint density at radius 1 is 1.32 bits per heavy atom. The van der Waals surface area contributed by atoms with Crippen LogP contribution in [-0.2, 0) is 9.59 Å². The van der Waals surface area contributed by atoms with Crippen molar-refractivity contribution in [2.24, 2.45) is 0 Å². The molecule has 22 heavy (non-hydrogen) atoms. The van der Waals surface area contributed by atoms with Crippen molar-refractivity contribution < 1.29 is 14.4 Å². The molecule has 0 aromatic carbocycles. The van der Waals surface area contributed by atoms with Crippen molar-refractivity contribution in [2.75, 3.05) is 23.3 Å². The van der Waals surface area contributed by atoms with Gasteiger partial charge >= 0.3 is 6.03 Å². The summed E-state index contributed by atoms with van der Waals surface area (Å²) in [4.78, 5) is 40.6. The summed E-state index contributed by atoms with van der Waals surface area (Å²) >= 11 is 0. The standard InChI is InChI=1S/C14H19N5O3/c1-3-19(4-2)11-6-5-9(8-15-11)16-12(20)7-10-13(21)18-14(22)17-10/h5-6,8,10H,3-4,7H2,1-2H3,(H,16,20)(H2,17,18,21,22)/t10-/m1/s1. The molecule has 0 spiro atoms. The smallest absolute Gasteiger partial charge is 0.322 e. The number of carbonyl (C=O) groups is 3. The van der Waals surface area contributed by atoms with Crippen LogP contribution in [0.15, 0.2) is 18.3 Å². The number of imide groups is 1. The highest BCUT2D eigenvalue weighted by Crippen LogP contribution is 2.14. The zero-order valence-electron chi connectivity index (χ0n) is 12.5. The number of urea groups is 1. The van der Waals surface area contributed by atoms with Crippen LogP contribution in [0.1, 0.15) is 20.3 Å². The van der Waals surface area contributed by atoms with E-state index in [0.29, 0.717) is 5.69 Å². The average Bonchev–Trinajstić information content (AvgIpc) is 2.79. The summed E-state index contributed by atoms with van der Waals surface area (Å²) in [5.74, 6) is -0.0136. The topological polar surface area (TPSA) is 103 Å². The third-order valence-corrected chi connectivity index (χ3v) is 3.37. The Kier molecular flexibility index (Phi) is 4.92. The highest BCUT2D eigenvalue weighted by molar-refractivity contribution is 6.06. The Hall–Kier alpha value is -2.64. The number of nitrogens with zero attached hydrogens (tertiary/aromatic N) is 2. The van der Waals surface area contributed by atoms with Gasteiger partial charge in [-0.15, -0.1) is 0 Å². The Bertz CT molecular complexity index is 568. The predicted octanol–water partition coefficient (Wildman–Crippen LogP) is 0.464. The molecule has 0 saturated carbocycles. The molecule has 0 radical (unpaired) electrons. The van der Waals surface area contributed by atoms with E-state index in [4.69, 9.17) is 0 Å². The number of rotatable bonds is 6. The lowest BCUT2D eigenvalue weighted by atomic mass is 10.2. The Morgan fingerprint density at radius 2 is 2.05 bits per heavy atom. The van der Waals surface area contributed by atoms with Crippen LogP contribution >= 0.6 is 0 Å². The quantitative estimate of drug-likeness (QED) is 0.663. The molecule has 8 heteroatoms. The van der Waals surface area contributed by atoms with Crippen molar-refractivity contribution in [3.05, 3.63) is 18.3 Å². The van der Waals surface area contributed by atoms with Crippen molar-refractivity contribution in [1.82, 2.24) is 15.6 Å². The Labute approximate surface area is 128 Å². The number of aromatic nitrogens is 1. The molecule has 0 aliphatic carbocycles. The maximum Gasteiger partial charge on any atom is 0.322 e. The van der Waals surface area contributed by atoms with Crippen molar-refractivity contribution in [3.8, 4) is 0 Å². The van der Waals surface area contributed by atoms with Gasteiger partial charge in [-0.3, -0.25) is 14.9 Å². The maximum atomic E-state index is 11.9. The lowest BCUT2D eigenvalue weighted by Crippen LogP contribution is -2.33. The number of hydrogen-bond donors (Lipinski definition) is 3. The molecule has 1 aromatic heterocycles. The predicted molar refractivity (Wildman–Crippen MR) is 81.5 cm³/mol. The summed E-state index contributed by atoms with van der Waals surface area (Å²) in [6, 6.07) is 2.18. The first kappa shape index (κ1) is 15.7. The van der Waals surface area contributed by atoms with E-state index < -0.39 is 18.0 Å². The lowest BCUT2D eigenvalue weighted by molar-refractivity contribution is -0.124. The van der Waals surface area contributed by atoms with Crippen LogP contribution in [0, 0.1) is 0 Å². The van der Waals surface area contributed by atoms with Crippen LogP contribution in [0.4, 0.5) is 16.3 Å². The van der Waals surface area contributed by atoms with Crippen LogP contribution in [-0.4, -0.2) is 42.0 Å². The summed E-state index contributed by atoms with van der Waals surface area (Å²) in [6.45, 7) is 5.79. The van der Waals surface area contributed by atoms with Crippen molar-refractivity contribution in [2.45, 2.75) is 26.3 Å². The molecular formula is C14H19N5O3. The number of amides is 4. The van der Waals surface area contributed by atoms with Gasteiger partial charge in [0.2, 0.25) is 5.91 Å². The highest BCUT2D eigenvalue weighted by atomic mass is 16.2. The zero-order chi connectivity index (χ0) is 16.1. The number of carbonyl (C=O) groups excluding carboxylic acids is 3. The van der Waals surface area contributed by atoms with E-state index in [2.05, 4.69) is 25.8 Å². The first-order valence-electron chi connectivity index (χ1n) is 7.15. The second-order valence-electron chi connectivity index (χ2n) is 4.84. The third-order valence-electron chi connectivity index (χ3n) is 3.37. The minimum absolute atomic E-state index is 0.116. The molecule has 4 amide bonds. The van der Waals surface area contributed by atoms with Crippen LogP contribution in [0.3, 0.4) is 0 Å². The lowest BCUT2D eigenvalue weighted by Gasteiger charge is -2.19. The van der Waals surface area contributed by atoms with E-state index in [-0.39, 0.29) is 12.3 Å². The molecular weight excluding hydrogens is 286 g/mol. The van der Waals surface area contributed by atoms with Gasteiger partial charge in [-0.05, 0) is 26.0 Å². The largest absolute Gasteiger partial charge is 0.357 e. The van der Waals surface area contributed by atoms with Crippen LogP contribution < -0.4 is 20.9 Å².